The molecule has 3 aromatic carbocycles. The number of hydrazone groups is 1. The molecule has 3 amide bonds. The van der Waals surface area contributed by atoms with E-state index >= 15 is 0 Å². The van der Waals surface area contributed by atoms with Crippen LogP contribution >= 0.6 is 0 Å². The normalized spacial score (nSPS) is 14.4. The third kappa shape index (κ3) is 7.36. The number of allylic oxidation sites excluding steroid dienone is 1. The number of methoxy groups -OCH3 is 1. The molecule has 0 bridgehead atoms. The van der Waals surface area contributed by atoms with Gasteiger partial charge in [-0.25, -0.2) is 15.0 Å². The lowest BCUT2D eigenvalue weighted by Crippen LogP contribution is -2.45. The molecule has 0 spiro atoms. The van der Waals surface area contributed by atoms with Gasteiger partial charge in [0.2, 0.25) is 0 Å². The first-order valence-corrected chi connectivity index (χ1v) is 15.1. The fourth-order valence-corrected chi connectivity index (χ4v) is 5.50. The maximum Gasteiger partial charge on any atom is 0.338 e. The summed E-state index contributed by atoms with van der Waals surface area (Å²) in [5, 5.41) is 9.50. The molecule has 1 atom stereocenters. The zero-order valence-corrected chi connectivity index (χ0v) is 26.9. The van der Waals surface area contributed by atoms with Gasteiger partial charge >= 0.3 is 12.0 Å². The Kier molecular flexibility index (Phi) is 10.0. The number of esters is 1. The maximum atomic E-state index is 12.6. The van der Waals surface area contributed by atoms with E-state index in [2.05, 4.69) is 62.1 Å². The molecule has 47 heavy (non-hydrogen) atoms. The van der Waals surface area contributed by atoms with Gasteiger partial charge in [-0.15, -0.1) is 0 Å². The summed E-state index contributed by atoms with van der Waals surface area (Å²) < 4.78 is 18.5. The summed E-state index contributed by atoms with van der Waals surface area (Å²) in [7, 11) is 1.46. The van der Waals surface area contributed by atoms with E-state index in [-0.39, 0.29) is 18.8 Å². The predicted molar refractivity (Wildman–Crippen MR) is 179 cm³/mol. The number of nitrogens with one attached hydrogen (secondary N) is 3. The Labute approximate surface area is 273 Å². The van der Waals surface area contributed by atoms with E-state index in [1.165, 1.54) is 7.11 Å². The van der Waals surface area contributed by atoms with E-state index in [4.69, 9.17) is 14.2 Å². The van der Waals surface area contributed by atoms with Crippen LogP contribution in [0.3, 0.4) is 0 Å². The van der Waals surface area contributed by atoms with E-state index < -0.39 is 23.9 Å². The molecule has 1 aromatic heterocycles. The van der Waals surface area contributed by atoms with Crippen molar-refractivity contribution in [2.75, 3.05) is 20.3 Å². The number of hydrogen-bond donors (Lipinski definition) is 3. The first kappa shape index (κ1) is 32.6. The highest BCUT2D eigenvalue weighted by Gasteiger charge is 2.32. The van der Waals surface area contributed by atoms with Gasteiger partial charge in [0.15, 0.2) is 18.1 Å². The molecule has 0 saturated heterocycles. The Morgan fingerprint density at radius 3 is 2.38 bits per heavy atom. The number of aryl methyl sites for hydroxylation is 1. The number of carbonyl (C=O) groups is 3. The van der Waals surface area contributed by atoms with Crippen molar-refractivity contribution in [2.24, 2.45) is 5.10 Å². The minimum Gasteiger partial charge on any atom is -0.493 e. The Balaban J connectivity index is 1.22. The first-order valence-electron chi connectivity index (χ1n) is 15.1. The van der Waals surface area contributed by atoms with E-state index in [1.807, 2.05) is 38.1 Å². The van der Waals surface area contributed by atoms with Crippen molar-refractivity contribution in [2.45, 2.75) is 33.7 Å². The molecule has 242 valence electrons. The summed E-state index contributed by atoms with van der Waals surface area (Å²) in [6.07, 6.45) is 1.61. The SMILES string of the molecule is CCOC(=O)C1=C(C)NC(=O)N[C@@H]1c1ccc(OCC(=O)N/N=C/c2cc(C)n(-c3ccc(-c4ccccc4)cc3)c2C)c(OC)c1. The van der Waals surface area contributed by atoms with Gasteiger partial charge in [0.25, 0.3) is 5.91 Å². The van der Waals surface area contributed by atoms with Crippen LogP contribution in [-0.2, 0) is 14.3 Å². The van der Waals surface area contributed by atoms with Gasteiger partial charge in [0.1, 0.15) is 0 Å². The van der Waals surface area contributed by atoms with Crippen LogP contribution in [0.5, 0.6) is 11.5 Å². The molecule has 5 rings (SSSR count). The smallest absolute Gasteiger partial charge is 0.338 e. The molecule has 0 saturated carbocycles. The standard InChI is InChI=1S/C36H37N5O6/c1-6-46-35(43)33-23(3)38-36(44)39-34(33)27-14-17-30(31(19-27)45-5)47-21-32(42)40-37-20-28-18-22(2)41(24(28)4)29-15-12-26(13-16-29)25-10-8-7-9-11-25/h7-20,34H,6,21H2,1-5H3,(H,40,42)(H2,38,39,44)/b37-20+/t34-/m1/s1. The minimum absolute atomic E-state index is 0.189. The van der Waals surface area contributed by atoms with E-state index in [0.29, 0.717) is 22.8 Å². The molecule has 11 heteroatoms. The van der Waals surface area contributed by atoms with Crippen molar-refractivity contribution in [3.63, 3.8) is 0 Å². The predicted octanol–water partition coefficient (Wildman–Crippen LogP) is 5.49. The first-order chi connectivity index (χ1) is 22.7. The monoisotopic (exact) mass is 635 g/mol. The number of carbonyl (C=O) groups excluding carboxylic acids is 3. The van der Waals surface area contributed by atoms with Gasteiger partial charge < -0.3 is 29.4 Å². The van der Waals surface area contributed by atoms with Crippen LogP contribution in [0.25, 0.3) is 16.8 Å². The van der Waals surface area contributed by atoms with Crippen molar-refractivity contribution in [3.8, 4) is 28.3 Å². The lowest BCUT2D eigenvalue weighted by molar-refractivity contribution is -0.139. The maximum absolute atomic E-state index is 12.6. The molecule has 0 unspecified atom stereocenters. The van der Waals surface area contributed by atoms with Gasteiger partial charge in [-0.3, -0.25) is 4.79 Å². The van der Waals surface area contributed by atoms with Crippen LogP contribution in [0, 0.1) is 13.8 Å². The molecule has 0 fully saturated rings. The number of benzene rings is 3. The molecular weight excluding hydrogens is 598 g/mol. The van der Waals surface area contributed by atoms with Crippen LogP contribution in [-0.4, -0.2) is 49.0 Å². The van der Waals surface area contributed by atoms with Gasteiger partial charge in [0.05, 0.1) is 31.5 Å². The highest BCUT2D eigenvalue weighted by Crippen LogP contribution is 2.34. The molecule has 2 heterocycles. The van der Waals surface area contributed by atoms with Crippen LogP contribution in [0.15, 0.2) is 95.2 Å². The third-order valence-corrected chi connectivity index (χ3v) is 7.74. The Bertz CT molecular complexity index is 1840. The summed E-state index contributed by atoms with van der Waals surface area (Å²) in [5.74, 6) is -0.391. The minimum atomic E-state index is -0.765. The fourth-order valence-electron chi connectivity index (χ4n) is 5.50. The molecular formula is C36H37N5O6. The topological polar surface area (TPSA) is 132 Å². The zero-order valence-electron chi connectivity index (χ0n) is 26.9. The van der Waals surface area contributed by atoms with Crippen molar-refractivity contribution in [3.05, 3.63) is 113 Å². The van der Waals surface area contributed by atoms with Crippen molar-refractivity contribution >= 4 is 24.1 Å². The Morgan fingerprint density at radius 1 is 0.957 bits per heavy atom. The number of nitrogens with zero attached hydrogens (tertiary/aromatic N) is 2. The molecule has 0 aliphatic carbocycles. The number of rotatable bonds is 11. The van der Waals surface area contributed by atoms with E-state index in [1.54, 1.807) is 38.3 Å². The lowest BCUT2D eigenvalue weighted by Gasteiger charge is -2.28. The van der Waals surface area contributed by atoms with Crippen LogP contribution in [0.1, 0.15) is 42.4 Å². The van der Waals surface area contributed by atoms with Crippen molar-refractivity contribution in [1.82, 2.24) is 20.6 Å². The largest absolute Gasteiger partial charge is 0.493 e. The van der Waals surface area contributed by atoms with Crippen LogP contribution in [0.4, 0.5) is 4.79 Å². The van der Waals surface area contributed by atoms with Gasteiger partial charge in [-0.1, -0.05) is 48.5 Å². The summed E-state index contributed by atoms with van der Waals surface area (Å²) in [4.78, 5) is 37.4. The number of urea groups is 1. The average molecular weight is 636 g/mol. The second-order valence-electron chi connectivity index (χ2n) is 10.9. The number of amides is 3. The van der Waals surface area contributed by atoms with Crippen LogP contribution in [0.2, 0.25) is 0 Å². The Hall–Kier alpha value is -5.84. The molecule has 0 radical (unpaired) electrons. The van der Waals surface area contributed by atoms with Crippen LogP contribution < -0.4 is 25.5 Å². The molecule has 11 nitrogen and oxygen atoms in total. The lowest BCUT2D eigenvalue weighted by atomic mass is 9.95. The highest BCUT2D eigenvalue weighted by molar-refractivity contribution is 5.95. The summed E-state index contributed by atoms with van der Waals surface area (Å²) in [6.45, 7) is 7.24. The number of aromatic nitrogens is 1. The second-order valence-corrected chi connectivity index (χ2v) is 10.9. The third-order valence-electron chi connectivity index (χ3n) is 7.74. The Morgan fingerprint density at radius 2 is 1.68 bits per heavy atom. The quantitative estimate of drug-likeness (QED) is 0.113. The molecule has 3 N–H and O–H groups in total. The van der Waals surface area contributed by atoms with Gasteiger partial charge in [-0.2, -0.15) is 5.10 Å². The molecule has 1 aliphatic rings. The molecule has 1 aliphatic heterocycles. The summed E-state index contributed by atoms with van der Waals surface area (Å²) in [5.41, 5.74) is 9.97. The summed E-state index contributed by atoms with van der Waals surface area (Å²) >= 11 is 0. The van der Waals surface area contributed by atoms with Crippen molar-refractivity contribution in [1.29, 1.82) is 0 Å². The van der Waals surface area contributed by atoms with E-state index in [0.717, 1.165) is 33.8 Å². The fraction of sp³-hybridized carbons (Fsp3) is 0.222. The average Bonchev–Trinajstić information content (AvgIpc) is 3.35. The molecule has 4 aromatic rings. The number of hydrogen-bond acceptors (Lipinski definition) is 7. The van der Waals surface area contributed by atoms with E-state index in [9.17, 15) is 14.4 Å². The van der Waals surface area contributed by atoms with Gasteiger partial charge in [0, 0.05) is 28.3 Å². The van der Waals surface area contributed by atoms with Gasteiger partial charge in [-0.05, 0) is 74.7 Å². The summed E-state index contributed by atoms with van der Waals surface area (Å²) in [6, 6.07) is 24.3. The van der Waals surface area contributed by atoms with Crippen molar-refractivity contribution < 1.29 is 28.6 Å². The number of ether oxygens (including phenoxy) is 3. The zero-order chi connectivity index (χ0) is 33.5. The second kappa shape index (κ2) is 14.5. The highest BCUT2D eigenvalue weighted by atomic mass is 16.5.